The summed E-state index contributed by atoms with van der Waals surface area (Å²) in [6.45, 7) is 3.80. The zero-order chi connectivity index (χ0) is 24.4. The van der Waals surface area contributed by atoms with Gasteiger partial charge in [0.05, 0.1) is 5.69 Å². The van der Waals surface area contributed by atoms with Crippen molar-refractivity contribution in [2.45, 2.75) is 57.7 Å². The molecular formula is C26H29N3O5. The van der Waals surface area contributed by atoms with Gasteiger partial charge in [-0.1, -0.05) is 56.7 Å². The Morgan fingerprint density at radius 3 is 2.47 bits per heavy atom. The van der Waals surface area contributed by atoms with Crippen molar-refractivity contribution in [1.82, 2.24) is 10.6 Å². The minimum Gasteiger partial charge on any atom is -0.480 e. The standard InChI is InChI=1S/C26H29N3O5/c1-3-15(2)21(28-23(30)17-8-5-4-6-9-17)24(31)27-19-13-12-16-10-7-11-18-14-20(26(33)34)29(22(16)18)25(19)32/h4-11,15,19-21H,3,12-14H2,1-2H3,(H,27,31)(H,28,30)(H,33,34)/t15?,19-,20-,21?/m0/s1. The summed E-state index contributed by atoms with van der Waals surface area (Å²) >= 11 is 0. The quantitative estimate of drug-likeness (QED) is 0.583. The van der Waals surface area contributed by atoms with Crippen LogP contribution in [0.1, 0.15) is 48.2 Å². The number of hydrogen-bond acceptors (Lipinski definition) is 4. The van der Waals surface area contributed by atoms with Crippen molar-refractivity contribution in [2.24, 2.45) is 5.92 Å². The second kappa shape index (κ2) is 9.67. The summed E-state index contributed by atoms with van der Waals surface area (Å²) < 4.78 is 0. The predicted octanol–water partition coefficient (Wildman–Crippen LogP) is 2.30. The molecule has 0 fully saturated rings. The SMILES string of the molecule is CCC(C)C(NC(=O)c1ccccc1)C(=O)N[C@H]1CCc2cccc3c2N(C1=O)[C@H](C(=O)O)C3. The molecule has 0 aromatic heterocycles. The van der Waals surface area contributed by atoms with Crippen LogP contribution < -0.4 is 15.5 Å². The van der Waals surface area contributed by atoms with Crippen LogP contribution in [0.25, 0.3) is 0 Å². The number of aryl methyl sites for hydroxylation is 1. The first-order valence-electron chi connectivity index (χ1n) is 11.6. The predicted molar refractivity (Wildman–Crippen MR) is 126 cm³/mol. The molecule has 0 saturated heterocycles. The molecule has 0 saturated carbocycles. The molecule has 2 unspecified atom stereocenters. The van der Waals surface area contributed by atoms with Crippen LogP contribution in [0, 0.1) is 5.92 Å². The number of benzene rings is 2. The summed E-state index contributed by atoms with van der Waals surface area (Å²) in [7, 11) is 0. The fourth-order valence-electron chi connectivity index (χ4n) is 4.74. The van der Waals surface area contributed by atoms with E-state index in [-0.39, 0.29) is 18.2 Å². The van der Waals surface area contributed by atoms with Crippen LogP contribution in [0.15, 0.2) is 48.5 Å². The van der Waals surface area contributed by atoms with Gasteiger partial charge in [-0.05, 0) is 42.0 Å². The zero-order valence-corrected chi connectivity index (χ0v) is 19.3. The summed E-state index contributed by atoms with van der Waals surface area (Å²) in [5.74, 6) is -2.49. The van der Waals surface area contributed by atoms with Gasteiger partial charge in [0.2, 0.25) is 11.8 Å². The van der Waals surface area contributed by atoms with E-state index in [0.717, 1.165) is 11.1 Å². The number of nitrogens with zero attached hydrogens (tertiary/aromatic N) is 1. The van der Waals surface area contributed by atoms with Gasteiger partial charge < -0.3 is 15.7 Å². The van der Waals surface area contributed by atoms with E-state index in [4.69, 9.17) is 0 Å². The number of rotatable bonds is 7. The Balaban J connectivity index is 1.56. The lowest BCUT2D eigenvalue weighted by Crippen LogP contribution is -2.57. The Bertz CT molecular complexity index is 1120. The van der Waals surface area contributed by atoms with Crippen molar-refractivity contribution in [3.05, 3.63) is 65.2 Å². The normalized spacial score (nSPS) is 20.6. The molecular weight excluding hydrogens is 434 g/mol. The first-order valence-corrected chi connectivity index (χ1v) is 11.6. The van der Waals surface area contributed by atoms with Crippen LogP contribution in [-0.4, -0.2) is 46.9 Å². The summed E-state index contributed by atoms with van der Waals surface area (Å²) in [5.41, 5.74) is 2.84. The molecule has 0 radical (unpaired) electrons. The fourth-order valence-corrected chi connectivity index (χ4v) is 4.74. The van der Waals surface area contributed by atoms with E-state index in [2.05, 4.69) is 10.6 Å². The molecule has 2 aromatic carbocycles. The summed E-state index contributed by atoms with van der Waals surface area (Å²) in [5, 5.41) is 15.4. The molecule has 3 amide bonds. The average molecular weight is 464 g/mol. The van der Waals surface area contributed by atoms with Gasteiger partial charge in [-0.25, -0.2) is 4.79 Å². The molecule has 2 aromatic rings. The molecule has 0 aliphatic carbocycles. The van der Waals surface area contributed by atoms with E-state index in [0.29, 0.717) is 30.5 Å². The Hall–Kier alpha value is -3.68. The number of carboxylic acid groups (broad SMARTS) is 1. The second-order valence-corrected chi connectivity index (χ2v) is 8.99. The molecule has 178 valence electrons. The number of carbonyl (C=O) groups is 4. The lowest BCUT2D eigenvalue weighted by atomic mass is 9.96. The van der Waals surface area contributed by atoms with E-state index in [9.17, 15) is 24.3 Å². The lowest BCUT2D eigenvalue weighted by molar-refractivity contribution is -0.140. The van der Waals surface area contributed by atoms with E-state index >= 15 is 0 Å². The Labute approximate surface area is 198 Å². The number of aliphatic carboxylic acids is 1. The highest BCUT2D eigenvalue weighted by atomic mass is 16.4. The van der Waals surface area contributed by atoms with Crippen LogP contribution in [-0.2, 0) is 27.2 Å². The van der Waals surface area contributed by atoms with Crippen LogP contribution in [0.5, 0.6) is 0 Å². The van der Waals surface area contributed by atoms with Crippen molar-refractivity contribution in [3.63, 3.8) is 0 Å². The largest absolute Gasteiger partial charge is 0.480 e. The molecule has 0 spiro atoms. The topological polar surface area (TPSA) is 116 Å². The molecule has 4 atom stereocenters. The van der Waals surface area contributed by atoms with Crippen molar-refractivity contribution >= 4 is 29.4 Å². The maximum atomic E-state index is 13.5. The highest BCUT2D eigenvalue weighted by molar-refractivity contribution is 6.07. The summed E-state index contributed by atoms with van der Waals surface area (Å²) in [6.07, 6.45) is 1.78. The third kappa shape index (κ3) is 4.40. The number of anilines is 1. The van der Waals surface area contributed by atoms with Crippen molar-refractivity contribution in [3.8, 4) is 0 Å². The molecule has 8 heteroatoms. The summed E-state index contributed by atoms with van der Waals surface area (Å²) in [4.78, 5) is 52.8. The van der Waals surface area contributed by atoms with Gasteiger partial charge in [-0.15, -0.1) is 0 Å². The Morgan fingerprint density at radius 2 is 1.79 bits per heavy atom. The molecule has 4 rings (SSSR count). The number of carboxylic acids is 1. The van der Waals surface area contributed by atoms with E-state index < -0.39 is 35.9 Å². The number of nitrogens with one attached hydrogen (secondary N) is 2. The third-order valence-electron chi connectivity index (χ3n) is 6.83. The molecule has 2 aliphatic heterocycles. The van der Waals surface area contributed by atoms with Crippen molar-refractivity contribution in [2.75, 3.05) is 4.90 Å². The van der Waals surface area contributed by atoms with E-state index in [1.807, 2.05) is 32.0 Å². The van der Waals surface area contributed by atoms with E-state index in [1.54, 1.807) is 30.3 Å². The molecule has 0 bridgehead atoms. The molecule has 2 heterocycles. The Kier molecular flexibility index (Phi) is 6.68. The van der Waals surface area contributed by atoms with E-state index in [1.165, 1.54) is 4.90 Å². The van der Waals surface area contributed by atoms with Gasteiger partial charge in [0.25, 0.3) is 5.91 Å². The first-order chi connectivity index (χ1) is 16.3. The van der Waals surface area contributed by atoms with Crippen LogP contribution in [0.3, 0.4) is 0 Å². The first kappa shape index (κ1) is 23.5. The fraction of sp³-hybridized carbons (Fsp3) is 0.385. The smallest absolute Gasteiger partial charge is 0.327 e. The number of hydrogen-bond donors (Lipinski definition) is 3. The van der Waals surface area contributed by atoms with Gasteiger partial charge in [-0.2, -0.15) is 0 Å². The monoisotopic (exact) mass is 463 g/mol. The molecule has 8 nitrogen and oxygen atoms in total. The minimum absolute atomic E-state index is 0.170. The maximum Gasteiger partial charge on any atom is 0.327 e. The van der Waals surface area contributed by atoms with Crippen LogP contribution in [0.2, 0.25) is 0 Å². The second-order valence-electron chi connectivity index (χ2n) is 8.99. The van der Waals surface area contributed by atoms with Crippen LogP contribution >= 0.6 is 0 Å². The minimum atomic E-state index is -1.07. The third-order valence-corrected chi connectivity index (χ3v) is 6.83. The van der Waals surface area contributed by atoms with Gasteiger partial charge in [-0.3, -0.25) is 19.3 Å². The number of para-hydroxylation sites is 1. The number of carbonyl (C=O) groups excluding carboxylic acids is 3. The van der Waals surface area contributed by atoms with Crippen molar-refractivity contribution < 1.29 is 24.3 Å². The van der Waals surface area contributed by atoms with Crippen molar-refractivity contribution in [1.29, 1.82) is 0 Å². The molecule has 3 N–H and O–H groups in total. The molecule has 34 heavy (non-hydrogen) atoms. The van der Waals surface area contributed by atoms with Gasteiger partial charge in [0.1, 0.15) is 18.1 Å². The maximum absolute atomic E-state index is 13.5. The summed E-state index contributed by atoms with van der Waals surface area (Å²) in [6, 6.07) is 11.6. The Morgan fingerprint density at radius 1 is 1.09 bits per heavy atom. The van der Waals surface area contributed by atoms with Crippen LogP contribution in [0.4, 0.5) is 5.69 Å². The number of amides is 3. The zero-order valence-electron chi connectivity index (χ0n) is 19.3. The highest BCUT2D eigenvalue weighted by Crippen LogP contribution is 2.39. The van der Waals surface area contributed by atoms with Gasteiger partial charge in [0.15, 0.2) is 0 Å². The highest BCUT2D eigenvalue weighted by Gasteiger charge is 2.44. The van der Waals surface area contributed by atoms with Gasteiger partial charge >= 0.3 is 5.97 Å². The molecule has 2 aliphatic rings. The average Bonchev–Trinajstić information content (AvgIpc) is 3.19. The van der Waals surface area contributed by atoms with Gasteiger partial charge in [0, 0.05) is 12.0 Å². The lowest BCUT2D eigenvalue weighted by Gasteiger charge is -2.29.